The molecule has 74 valence electrons. The highest BCUT2D eigenvalue weighted by Crippen LogP contribution is 2.65. The van der Waals surface area contributed by atoms with Crippen LogP contribution in [0.1, 0.15) is 12.8 Å². The molecule has 2 unspecified atom stereocenters. The lowest BCUT2D eigenvalue weighted by molar-refractivity contribution is -0.111. The zero-order valence-corrected chi connectivity index (χ0v) is 6.18. The predicted molar refractivity (Wildman–Crippen MR) is 31.1 cm³/mol. The molecule has 1 fully saturated rings. The number of hydrogen-bond donors (Lipinski definition) is 0. The van der Waals surface area contributed by atoms with E-state index in [9.17, 15) is 26.3 Å². The summed E-state index contributed by atoms with van der Waals surface area (Å²) in [7, 11) is 0. The van der Waals surface area contributed by atoms with E-state index < -0.39 is 41.8 Å². The molecule has 6 heteroatoms. The van der Waals surface area contributed by atoms with Crippen molar-refractivity contribution in [2.24, 2.45) is 0 Å². The zero-order valence-electron chi connectivity index (χ0n) is 6.18. The van der Waals surface area contributed by atoms with Crippen molar-refractivity contribution >= 4 is 0 Å². The number of fused-ring (bicyclic) bond motifs is 2. The van der Waals surface area contributed by atoms with Crippen LogP contribution >= 0.6 is 0 Å². The van der Waals surface area contributed by atoms with E-state index in [1.165, 1.54) is 0 Å². The van der Waals surface area contributed by atoms with E-state index in [1.54, 1.807) is 0 Å². The molecule has 0 aliphatic heterocycles. The van der Waals surface area contributed by atoms with Crippen LogP contribution in [0.2, 0.25) is 0 Å². The largest absolute Gasteiger partial charge is 0.291 e. The van der Waals surface area contributed by atoms with Crippen LogP contribution in [0, 0.1) is 0 Å². The summed E-state index contributed by atoms with van der Waals surface area (Å²) in [5.74, 6) is -8.45. The molecule has 2 aliphatic rings. The summed E-state index contributed by atoms with van der Waals surface area (Å²) in [6, 6.07) is 0. The predicted octanol–water partition coefficient (Wildman–Crippen LogP) is 3.00. The Morgan fingerprint density at radius 1 is 0.846 bits per heavy atom. The molecule has 0 heterocycles. The Morgan fingerprint density at radius 2 is 1.38 bits per heavy atom. The van der Waals surface area contributed by atoms with Gasteiger partial charge >= 0.3 is 0 Å². The zero-order chi connectivity index (χ0) is 10.1. The minimum atomic E-state index is -4.15. The Hall–Kier alpha value is -0.680. The minimum Gasteiger partial charge on any atom is -0.236 e. The molecule has 13 heavy (non-hydrogen) atoms. The molecule has 2 rings (SSSR count). The molecule has 0 aromatic carbocycles. The third kappa shape index (κ3) is 0.745. The van der Waals surface area contributed by atoms with Gasteiger partial charge in [-0.1, -0.05) is 0 Å². The highest BCUT2D eigenvalue weighted by atomic mass is 19.3. The van der Waals surface area contributed by atoms with Gasteiger partial charge < -0.3 is 0 Å². The number of rotatable bonds is 0. The van der Waals surface area contributed by atoms with Crippen LogP contribution in [0.15, 0.2) is 11.7 Å². The Kier molecular flexibility index (Phi) is 1.29. The first kappa shape index (κ1) is 8.90. The molecule has 2 aliphatic carbocycles. The highest BCUT2D eigenvalue weighted by Gasteiger charge is 2.77. The van der Waals surface area contributed by atoms with E-state index in [0.29, 0.717) is 0 Å². The summed E-state index contributed by atoms with van der Waals surface area (Å²) >= 11 is 0. The van der Waals surface area contributed by atoms with E-state index in [4.69, 9.17) is 0 Å². The van der Waals surface area contributed by atoms with Crippen molar-refractivity contribution < 1.29 is 26.3 Å². The van der Waals surface area contributed by atoms with E-state index in [1.807, 2.05) is 0 Å². The molecule has 0 amide bonds. The monoisotopic (exact) mass is 202 g/mol. The molecule has 0 radical (unpaired) electrons. The lowest BCUT2D eigenvalue weighted by atomic mass is 9.98. The molecular weight excluding hydrogens is 198 g/mol. The molecular formula is C7H4F6. The summed E-state index contributed by atoms with van der Waals surface area (Å²) in [5.41, 5.74) is -6.92. The highest BCUT2D eigenvalue weighted by molar-refractivity contribution is 5.40. The first-order valence-corrected chi connectivity index (χ1v) is 3.55. The van der Waals surface area contributed by atoms with Crippen LogP contribution in [-0.4, -0.2) is 17.3 Å². The van der Waals surface area contributed by atoms with Crippen molar-refractivity contribution in [3.63, 3.8) is 0 Å². The van der Waals surface area contributed by atoms with Gasteiger partial charge in [-0.05, 0) is 0 Å². The van der Waals surface area contributed by atoms with E-state index in [2.05, 4.69) is 0 Å². The molecule has 0 aromatic rings. The first-order valence-electron chi connectivity index (χ1n) is 3.55. The third-order valence-corrected chi connectivity index (χ3v) is 2.54. The second kappa shape index (κ2) is 1.88. The number of halogens is 6. The summed E-state index contributed by atoms with van der Waals surface area (Å²) < 4.78 is 76.5. The summed E-state index contributed by atoms with van der Waals surface area (Å²) in [4.78, 5) is 0. The maximum absolute atomic E-state index is 13.1. The Morgan fingerprint density at radius 3 is 1.69 bits per heavy atom. The van der Waals surface area contributed by atoms with E-state index in [0.717, 1.165) is 0 Å². The number of alkyl halides is 4. The van der Waals surface area contributed by atoms with Gasteiger partial charge in [0.05, 0.1) is 6.42 Å². The van der Waals surface area contributed by atoms with Gasteiger partial charge in [0.1, 0.15) is 0 Å². The molecule has 2 bridgehead atoms. The van der Waals surface area contributed by atoms with Crippen molar-refractivity contribution in [2.75, 3.05) is 0 Å². The summed E-state index contributed by atoms with van der Waals surface area (Å²) in [5, 5.41) is 0. The topological polar surface area (TPSA) is 0 Å². The van der Waals surface area contributed by atoms with Gasteiger partial charge in [0.2, 0.25) is 5.67 Å². The smallest absolute Gasteiger partial charge is 0.236 e. The lowest BCUT2D eigenvalue weighted by Gasteiger charge is -2.25. The van der Waals surface area contributed by atoms with Crippen molar-refractivity contribution in [2.45, 2.75) is 30.1 Å². The minimum absolute atomic E-state index is 1.45. The third-order valence-electron chi connectivity index (χ3n) is 2.54. The second-order valence-electron chi connectivity index (χ2n) is 3.45. The van der Waals surface area contributed by atoms with Crippen molar-refractivity contribution in [1.29, 1.82) is 0 Å². The molecule has 1 saturated carbocycles. The second-order valence-corrected chi connectivity index (χ2v) is 3.45. The standard InChI is InChI=1S/C7H4F6/c8-3-4(9)6(11)1-5(3,10)2-7(6,12)13/h1-2H2. The fraction of sp³-hybridized carbons (Fsp3) is 0.714. The average molecular weight is 202 g/mol. The van der Waals surface area contributed by atoms with Crippen LogP contribution < -0.4 is 0 Å². The summed E-state index contributed by atoms with van der Waals surface area (Å²) in [6.07, 6.45) is -3.07. The first-order chi connectivity index (χ1) is 5.73. The van der Waals surface area contributed by atoms with Gasteiger partial charge in [0.25, 0.3) is 5.92 Å². The van der Waals surface area contributed by atoms with E-state index >= 15 is 0 Å². The Labute approximate surface area is 69.2 Å². The summed E-state index contributed by atoms with van der Waals surface area (Å²) in [6.45, 7) is 0. The van der Waals surface area contributed by atoms with Gasteiger partial charge in [-0.2, -0.15) is 0 Å². The molecule has 0 aromatic heterocycles. The molecule has 0 nitrogen and oxygen atoms in total. The quantitative estimate of drug-likeness (QED) is 0.529. The van der Waals surface area contributed by atoms with Crippen molar-refractivity contribution in [1.82, 2.24) is 0 Å². The van der Waals surface area contributed by atoms with Crippen LogP contribution in [0.3, 0.4) is 0 Å². The van der Waals surface area contributed by atoms with Crippen LogP contribution in [0.25, 0.3) is 0 Å². The van der Waals surface area contributed by atoms with Gasteiger partial charge in [-0.25, -0.2) is 26.3 Å². The number of hydrogen-bond acceptors (Lipinski definition) is 0. The van der Waals surface area contributed by atoms with Gasteiger partial charge in [0.15, 0.2) is 17.3 Å². The lowest BCUT2D eigenvalue weighted by Crippen LogP contribution is -2.40. The van der Waals surface area contributed by atoms with Crippen LogP contribution in [0.5, 0.6) is 0 Å². The van der Waals surface area contributed by atoms with Crippen LogP contribution in [0.4, 0.5) is 26.3 Å². The Bertz CT molecular complexity index is 308. The Balaban J connectivity index is 2.60. The molecule has 0 spiro atoms. The van der Waals surface area contributed by atoms with E-state index in [-0.39, 0.29) is 0 Å². The van der Waals surface area contributed by atoms with Gasteiger partial charge in [-0.15, -0.1) is 0 Å². The molecule has 2 atom stereocenters. The SMILES string of the molecule is FC1=C(F)C2(F)CC1(F)CC2(F)F. The fourth-order valence-electron chi connectivity index (χ4n) is 1.83. The number of allylic oxidation sites excluding steroid dienone is 2. The fourth-order valence-corrected chi connectivity index (χ4v) is 1.83. The van der Waals surface area contributed by atoms with Gasteiger partial charge in [-0.3, -0.25) is 0 Å². The normalized spacial score (nSPS) is 47.5. The van der Waals surface area contributed by atoms with Crippen molar-refractivity contribution in [3.8, 4) is 0 Å². The van der Waals surface area contributed by atoms with Crippen LogP contribution in [-0.2, 0) is 0 Å². The average Bonchev–Trinajstić information content (AvgIpc) is 2.24. The molecule has 0 N–H and O–H groups in total. The van der Waals surface area contributed by atoms with Crippen molar-refractivity contribution in [3.05, 3.63) is 11.7 Å². The molecule has 0 saturated heterocycles. The maximum Gasteiger partial charge on any atom is 0.291 e. The maximum atomic E-state index is 13.1. The van der Waals surface area contributed by atoms with Gasteiger partial charge in [0, 0.05) is 6.42 Å².